The van der Waals surface area contributed by atoms with Crippen LogP contribution in [-0.4, -0.2) is 5.78 Å². The van der Waals surface area contributed by atoms with Crippen molar-refractivity contribution in [3.05, 3.63) is 63.9 Å². The molecule has 0 saturated heterocycles. The van der Waals surface area contributed by atoms with Crippen molar-refractivity contribution >= 4 is 17.4 Å². The van der Waals surface area contributed by atoms with Gasteiger partial charge in [0.25, 0.3) is 0 Å². The molecule has 0 aliphatic carbocycles. The van der Waals surface area contributed by atoms with E-state index in [0.717, 1.165) is 0 Å². The Bertz CT molecular complexity index is 738. The molecule has 3 nitrogen and oxygen atoms in total. The van der Waals surface area contributed by atoms with Crippen LogP contribution in [0.3, 0.4) is 0 Å². The summed E-state index contributed by atoms with van der Waals surface area (Å²) in [6.45, 7) is 1.39. The monoisotopic (exact) mass is 303 g/mol. The zero-order valence-corrected chi connectivity index (χ0v) is 11.9. The van der Waals surface area contributed by atoms with Gasteiger partial charge in [-0.1, -0.05) is 11.6 Å². The molecule has 2 rings (SSSR count). The van der Waals surface area contributed by atoms with Gasteiger partial charge in [-0.3, -0.25) is 4.79 Å². The molecule has 0 fully saturated rings. The van der Waals surface area contributed by atoms with Crippen LogP contribution in [0.1, 0.15) is 28.4 Å². The molecule has 0 radical (unpaired) electrons. The van der Waals surface area contributed by atoms with E-state index in [1.807, 2.05) is 6.07 Å². The number of rotatable bonds is 4. The summed E-state index contributed by atoms with van der Waals surface area (Å²) >= 11 is 5.85. The zero-order valence-electron chi connectivity index (χ0n) is 11.2. The van der Waals surface area contributed by atoms with Crippen molar-refractivity contribution in [2.24, 2.45) is 0 Å². The fourth-order valence-electron chi connectivity index (χ4n) is 1.85. The fraction of sp³-hybridized carbons (Fsp3) is 0.125. The van der Waals surface area contributed by atoms with Crippen molar-refractivity contribution in [3.8, 4) is 11.8 Å². The fourth-order valence-corrected chi connectivity index (χ4v) is 2.02. The van der Waals surface area contributed by atoms with E-state index in [-0.39, 0.29) is 12.4 Å². The molecule has 0 spiro atoms. The van der Waals surface area contributed by atoms with Gasteiger partial charge in [0, 0.05) is 10.6 Å². The molecule has 21 heavy (non-hydrogen) atoms. The van der Waals surface area contributed by atoms with Crippen LogP contribution in [0.15, 0.2) is 36.4 Å². The van der Waals surface area contributed by atoms with Crippen LogP contribution in [-0.2, 0) is 6.61 Å². The number of nitriles is 1. The first-order chi connectivity index (χ1) is 10.0. The summed E-state index contributed by atoms with van der Waals surface area (Å²) in [5.74, 6) is -0.289. The second kappa shape index (κ2) is 6.38. The maximum absolute atomic E-state index is 13.2. The van der Waals surface area contributed by atoms with Gasteiger partial charge in [-0.25, -0.2) is 4.39 Å². The Morgan fingerprint density at radius 1 is 1.33 bits per heavy atom. The first-order valence-electron chi connectivity index (χ1n) is 6.13. The van der Waals surface area contributed by atoms with E-state index < -0.39 is 5.82 Å². The molecule has 0 N–H and O–H groups in total. The van der Waals surface area contributed by atoms with Gasteiger partial charge in [0.15, 0.2) is 5.78 Å². The summed E-state index contributed by atoms with van der Waals surface area (Å²) < 4.78 is 18.8. The number of carbonyl (C=O) groups excluding carboxylic acids is 1. The molecule has 0 aliphatic rings. The Morgan fingerprint density at radius 3 is 2.76 bits per heavy atom. The predicted octanol–water partition coefficient (Wildman–Crippen LogP) is 4.13. The van der Waals surface area contributed by atoms with Gasteiger partial charge >= 0.3 is 0 Å². The summed E-state index contributed by atoms with van der Waals surface area (Å²) in [7, 11) is 0. The van der Waals surface area contributed by atoms with E-state index in [1.165, 1.54) is 31.2 Å². The SMILES string of the molecule is CC(=O)c1cc(Cl)ccc1OCc1cc(F)ccc1C#N. The van der Waals surface area contributed by atoms with Crippen molar-refractivity contribution in [2.75, 3.05) is 0 Å². The van der Waals surface area contributed by atoms with Crippen molar-refractivity contribution in [3.63, 3.8) is 0 Å². The zero-order chi connectivity index (χ0) is 15.4. The van der Waals surface area contributed by atoms with E-state index in [1.54, 1.807) is 12.1 Å². The van der Waals surface area contributed by atoms with Gasteiger partial charge in [-0.05, 0) is 43.3 Å². The number of ketones is 1. The molecule has 0 unspecified atom stereocenters. The second-order valence-electron chi connectivity index (χ2n) is 4.40. The first-order valence-corrected chi connectivity index (χ1v) is 6.51. The van der Waals surface area contributed by atoms with Crippen LogP contribution in [0.5, 0.6) is 5.75 Å². The molecule has 106 valence electrons. The van der Waals surface area contributed by atoms with E-state index in [0.29, 0.717) is 27.5 Å². The van der Waals surface area contributed by atoms with Crippen LogP contribution in [0.2, 0.25) is 5.02 Å². The lowest BCUT2D eigenvalue weighted by atomic mass is 10.1. The molecule has 0 saturated carbocycles. The smallest absolute Gasteiger partial charge is 0.163 e. The van der Waals surface area contributed by atoms with E-state index in [2.05, 4.69) is 0 Å². The second-order valence-corrected chi connectivity index (χ2v) is 4.84. The lowest BCUT2D eigenvalue weighted by Gasteiger charge is -2.11. The average Bonchev–Trinajstić information content (AvgIpc) is 2.46. The summed E-state index contributed by atoms with van der Waals surface area (Å²) in [6.07, 6.45) is 0. The normalized spacial score (nSPS) is 10.0. The molecule has 2 aromatic rings. The molecule has 0 heterocycles. The van der Waals surface area contributed by atoms with E-state index >= 15 is 0 Å². The number of Topliss-reactive ketones (excluding diaryl/α,β-unsaturated/α-hetero) is 1. The van der Waals surface area contributed by atoms with Crippen LogP contribution in [0.4, 0.5) is 4.39 Å². The summed E-state index contributed by atoms with van der Waals surface area (Å²) in [4.78, 5) is 11.6. The predicted molar refractivity (Wildman–Crippen MR) is 76.9 cm³/mol. The number of nitrogens with zero attached hydrogens (tertiary/aromatic N) is 1. The molecule has 2 aromatic carbocycles. The van der Waals surface area contributed by atoms with E-state index in [9.17, 15) is 9.18 Å². The minimum absolute atomic E-state index is 0.0113. The van der Waals surface area contributed by atoms with Crippen molar-refractivity contribution in [2.45, 2.75) is 13.5 Å². The Balaban J connectivity index is 2.27. The van der Waals surface area contributed by atoms with Crippen LogP contribution < -0.4 is 4.74 Å². The summed E-state index contributed by atoms with van der Waals surface area (Å²) in [5.41, 5.74) is 1.09. The highest BCUT2D eigenvalue weighted by Crippen LogP contribution is 2.25. The number of halogens is 2. The van der Waals surface area contributed by atoms with Gasteiger partial charge in [0.05, 0.1) is 17.2 Å². The molecule has 5 heteroatoms. The van der Waals surface area contributed by atoms with Gasteiger partial charge < -0.3 is 4.74 Å². The Labute approximate surface area is 126 Å². The van der Waals surface area contributed by atoms with Crippen LogP contribution >= 0.6 is 11.6 Å². The molecule has 0 amide bonds. The average molecular weight is 304 g/mol. The van der Waals surface area contributed by atoms with Crippen molar-refractivity contribution < 1.29 is 13.9 Å². The molecule has 0 aliphatic heterocycles. The summed E-state index contributed by atoms with van der Waals surface area (Å²) in [6, 6.07) is 10.5. The summed E-state index contributed by atoms with van der Waals surface area (Å²) in [5, 5.41) is 9.41. The molecule has 0 bridgehead atoms. The minimum atomic E-state index is -0.449. The van der Waals surface area contributed by atoms with Gasteiger partial charge in [-0.15, -0.1) is 0 Å². The highest BCUT2D eigenvalue weighted by atomic mass is 35.5. The van der Waals surface area contributed by atoms with Gasteiger partial charge in [0.1, 0.15) is 18.2 Å². The highest BCUT2D eigenvalue weighted by molar-refractivity contribution is 6.31. The number of ether oxygens (including phenoxy) is 1. The Hall–Kier alpha value is -2.38. The lowest BCUT2D eigenvalue weighted by molar-refractivity contribution is 0.101. The number of hydrogen-bond donors (Lipinski definition) is 0. The van der Waals surface area contributed by atoms with Crippen molar-refractivity contribution in [1.29, 1.82) is 5.26 Å². The standard InChI is InChI=1S/C16H11ClFNO2/c1-10(20)15-7-13(17)3-5-16(15)21-9-12-6-14(18)4-2-11(12)8-19/h2-7H,9H2,1H3. The maximum Gasteiger partial charge on any atom is 0.163 e. The first kappa shape index (κ1) is 15.0. The highest BCUT2D eigenvalue weighted by Gasteiger charge is 2.11. The molecule has 0 aromatic heterocycles. The lowest BCUT2D eigenvalue weighted by Crippen LogP contribution is -2.03. The third-order valence-corrected chi connectivity index (χ3v) is 3.13. The van der Waals surface area contributed by atoms with Crippen LogP contribution in [0, 0.1) is 17.1 Å². The third-order valence-electron chi connectivity index (χ3n) is 2.89. The molecular formula is C16H11ClFNO2. The quantitative estimate of drug-likeness (QED) is 0.798. The van der Waals surface area contributed by atoms with Crippen molar-refractivity contribution in [1.82, 2.24) is 0 Å². The Morgan fingerprint density at radius 2 is 2.10 bits per heavy atom. The van der Waals surface area contributed by atoms with Crippen LogP contribution in [0.25, 0.3) is 0 Å². The number of benzene rings is 2. The topological polar surface area (TPSA) is 50.1 Å². The Kier molecular flexibility index (Phi) is 4.56. The number of carbonyl (C=O) groups is 1. The molecule has 0 atom stereocenters. The van der Waals surface area contributed by atoms with Gasteiger partial charge in [-0.2, -0.15) is 5.26 Å². The largest absolute Gasteiger partial charge is 0.488 e. The molecular weight excluding hydrogens is 293 g/mol. The van der Waals surface area contributed by atoms with Gasteiger partial charge in [0.2, 0.25) is 0 Å². The number of hydrogen-bond acceptors (Lipinski definition) is 3. The minimum Gasteiger partial charge on any atom is -0.488 e. The maximum atomic E-state index is 13.2. The third kappa shape index (κ3) is 3.59. The van der Waals surface area contributed by atoms with E-state index in [4.69, 9.17) is 21.6 Å².